The Hall–Kier alpha value is -1.70. The number of nitrogens with zero attached hydrogens (tertiary/aromatic N) is 2. The van der Waals surface area contributed by atoms with Crippen molar-refractivity contribution in [1.29, 1.82) is 0 Å². The summed E-state index contributed by atoms with van der Waals surface area (Å²) >= 11 is 1.93. The smallest absolute Gasteiger partial charge is 0.331 e. The zero-order valence-corrected chi connectivity index (χ0v) is 12.7. The lowest BCUT2D eigenvalue weighted by Gasteiger charge is -2.22. The fraction of sp³-hybridized carbons (Fsp3) is 0.615. The number of carbonyl (C=O) groups excluding carboxylic acids is 1. The molecule has 1 fully saturated rings. The Labute approximate surface area is 127 Å². The average molecular weight is 312 g/mol. The minimum Gasteiger partial charge on any atom is -0.479 e. The van der Waals surface area contributed by atoms with Gasteiger partial charge in [-0.3, -0.25) is 4.68 Å². The van der Waals surface area contributed by atoms with E-state index in [1.165, 1.54) is 10.9 Å². The van der Waals surface area contributed by atoms with Gasteiger partial charge in [0, 0.05) is 25.4 Å². The summed E-state index contributed by atoms with van der Waals surface area (Å²) in [7, 11) is 1.70. The molecule has 1 atom stereocenters. The van der Waals surface area contributed by atoms with E-state index in [0.717, 1.165) is 24.3 Å². The molecule has 2 heterocycles. The number of hydrogen-bond donors (Lipinski definition) is 3. The molecule has 2 rings (SSSR count). The van der Waals surface area contributed by atoms with E-state index < -0.39 is 18.0 Å². The van der Waals surface area contributed by atoms with Gasteiger partial charge in [-0.05, 0) is 30.3 Å². The SMILES string of the molecule is Cn1cc(C(NC(=O)NCC2CCSCC2)C(=O)O)cn1. The third kappa shape index (κ3) is 4.66. The van der Waals surface area contributed by atoms with Gasteiger partial charge < -0.3 is 15.7 Å². The van der Waals surface area contributed by atoms with Crippen molar-refractivity contribution >= 4 is 23.8 Å². The molecule has 1 aromatic rings. The van der Waals surface area contributed by atoms with Crippen molar-refractivity contribution in [3.63, 3.8) is 0 Å². The molecule has 0 aliphatic carbocycles. The third-order valence-electron chi connectivity index (χ3n) is 3.47. The third-order valence-corrected chi connectivity index (χ3v) is 4.52. The molecule has 0 aromatic carbocycles. The van der Waals surface area contributed by atoms with Gasteiger partial charge in [-0.25, -0.2) is 9.59 Å². The summed E-state index contributed by atoms with van der Waals surface area (Å²) in [5.41, 5.74) is 0.453. The van der Waals surface area contributed by atoms with Crippen molar-refractivity contribution in [2.45, 2.75) is 18.9 Å². The highest BCUT2D eigenvalue weighted by Crippen LogP contribution is 2.21. The van der Waals surface area contributed by atoms with Gasteiger partial charge in [0.2, 0.25) is 0 Å². The van der Waals surface area contributed by atoms with Gasteiger partial charge in [-0.1, -0.05) is 0 Å². The maximum Gasteiger partial charge on any atom is 0.331 e. The van der Waals surface area contributed by atoms with E-state index in [4.69, 9.17) is 0 Å². The van der Waals surface area contributed by atoms with E-state index in [0.29, 0.717) is 18.0 Å². The van der Waals surface area contributed by atoms with Crippen LogP contribution in [0.25, 0.3) is 0 Å². The normalized spacial score (nSPS) is 17.2. The van der Waals surface area contributed by atoms with Crippen LogP contribution >= 0.6 is 11.8 Å². The Kier molecular flexibility index (Phi) is 5.49. The van der Waals surface area contributed by atoms with Crippen LogP contribution in [-0.2, 0) is 11.8 Å². The summed E-state index contributed by atoms with van der Waals surface area (Å²) in [5, 5.41) is 18.4. The van der Waals surface area contributed by atoms with E-state index in [9.17, 15) is 14.7 Å². The van der Waals surface area contributed by atoms with Gasteiger partial charge in [0.05, 0.1) is 6.20 Å². The Morgan fingerprint density at radius 2 is 2.24 bits per heavy atom. The van der Waals surface area contributed by atoms with Crippen molar-refractivity contribution in [2.75, 3.05) is 18.1 Å². The molecule has 0 saturated carbocycles. The second-order valence-electron chi connectivity index (χ2n) is 5.13. The second kappa shape index (κ2) is 7.35. The largest absolute Gasteiger partial charge is 0.479 e. The van der Waals surface area contributed by atoms with Crippen LogP contribution in [0.2, 0.25) is 0 Å². The number of thioether (sulfide) groups is 1. The number of amides is 2. The number of hydrogen-bond acceptors (Lipinski definition) is 4. The van der Waals surface area contributed by atoms with Gasteiger partial charge >= 0.3 is 12.0 Å². The van der Waals surface area contributed by atoms with Crippen molar-refractivity contribution in [2.24, 2.45) is 13.0 Å². The number of aryl methyl sites for hydroxylation is 1. The number of carbonyl (C=O) groups is 2. The Balaban J connectivity index is 1.85. The van der Waals surface area contributed by atoms with Crippen LogP contribution in [0.15, 0.2) is 12.4 Å². The van der Waals surface area contributed by atoms with Crippen LogP contribution in [0.4, 0.5) is 4.79 Å². The molecule has 0 spiro atoms. The van der Waals surface area contributed by atoms with Gasteiger partial charge in [0.25, 0.3) is 0 Å². The van der Waals surface area contributed by atoms with Crippen molar-refractivity contribution in [3.8, 4) is 0 Å². The van der Waals surface area contributed by atoms with E-state index in [-0.39, 0.29) is 0 Å². The summed E-state index contributed by atoms with van der Waals surface area (Å²) in [4.78, 5) is 23.1. The highest BCUT2D eigenvalue weighted by molar-refractivity contribution is 7.99. The maximum absolute atomic E-state index is 11.9. The minimum atomic E-state index is -1.10. The summed E-state index contributed by atoms with van der Waals surface area (Å²) in [5.74, 6) is 1.63. The first-order chi connectivity index (χ1) is 10.1. The fourth-order valence-corrected chi connectivity index (χ4v) is 3.45. The molecular weight excluding hydrogens is 292 g/mol. The zero-order chi connectivity index (χ0) is 15.2. The molecule has 1 aromatic heterocycles. The number of rotatable bonds is 5. The summed E-state index contributed by atoms with van der Waals surface area (Å²) in [6.07, 6.45) is 5.21. The molecule has 0 bridgehead atoms. The topological polar surface area (TPSA) is 96.2 Å². The first-order valence-corrected chi connectivity index (χ1v) is 8.05. The number of urea groups is 1. The number of carboxylic acid groups (broad SMARTS) is 1. The Bertz CT molecular complexity index is 499. The molecular formula is C13H20N4O3S. The summed E-state index contributed by atoms with van der Waals surface area (Å²) in [6.45, 7) is 0.589. The lowest BCUT2D eigenvalue weighted by molar-refractivity contribution is -0.139. The maximum atomic E-state index is 11.9. The second-order valence-corrected chi connectivity index (χ2v) is 6.35. The predicted octanol–water partition coefficient (Wildman–Crippen LogP) is 0.988. The Morgan fingerprint density at radius 3 is 2.81 bits per heavy atom. The average Bonchev–Trinajstić information content (AvgIpc) is 2.89. The van der Waals surface area contributed by atoms with Crippen LogP contribution in [0.1, 0.15) is 24.4 Å². The molecule has 1 saturated heterocycles. The van der Waals surface area contributed by atoms with Gasteiger partial charge in [0.1, 0.15) is 0 Å². The predicted molar refractivity (Wildman–Crippen MR) is 80.2 cm³/mol. The van der Waals surface area contributed by atoms with Crippen molar-refractivity contribution in [1.82, 2.24) is 20.4 Å². The van der Waals surface area contributed by atoms with E-state index in [2.05, 4.69) is 15.7 Å². The zero-order valence-electron chi connectivity index (χ0n) is 11.9. The molecule has 8 heteroatoms. The first kappa shape index (κ1) is 15.7. The molecule has 0 radical (unpaired) electrons. The van der Waals surface area contributed by atoms with Crippen molar-refractivity contribution < 1.29 is 14.7 Å². The number of aromatic nitrogens is 2. The van der Waals surface area contributed by atoms with Crippen LogP contribution in [0.5, 0.6) is 0 Å². The molecule has 1 unspecified atom stereocenters. The molecule has 3 N–H and O–H groups in total. The molecule has 116 valence electrons. The van der Waals surface area contributed by atoms with E-state index >= 15 is 0 Å². The monoisotopic (exact) mass is 312 g/mol. The highest BCUT2D eigenvalue weighted by Gasteiger charge is 2.24. The lowest BCUT2D eigenvalue weighted by atomic mass is 10.0. The van der Waals surface area contributed by atoms with Crippen LogP contribution in [0.3, 0.4) is 0 Å². The lowest BCUT2D eigenvalue weighted by Crippen LogP contribution is -2.42. The molecule has 21 heavy (non-hydrogen) atoms. The first-order valence-electron chi connectivity index (χ1n) is 6.89. The minimum absolute atomic E-state index is 0.453. The van der Waals surface area contributed by atoms with Gasteiger partial charge in [-0.15, -0.1) is 0 Å². The summed E-state index contributed by atoms with van der Waals surface area (Å²) in [6, 6.07) is -1.54. The van der Waals surface area contributed by atoms with Gasteiger partial charge in [0.15, 0.2) is 6.04 Å². The standard InChI is InChI=1S/C13H20N4O3S/c1-17-8-10(7-15-17)11(12(18)19)16-13(20)14-6-9-2-4-21-5-3-9/h7-9,11H,2-6H2,1H3,(H,18,19)(H2,14,16,20). The molecule has 7 nitrogen and oxygen atoms in total. The molecule has 1 aliphatic rings. The number of nitrogens with one attached hydrogen (secondary N) is 2. The summed E-state index contributed by atoms with van der Waals surface area (Å²) < 4.78 is 1.50. The van der Waals surface area contributed by atoms with E-state index in [1.54, 1.807) is 13.2 Å². The van der Waals surface area contributed by atoms with Crippen LogP contribution in [-0.4, -0.2) is 44.9 Å². The van der Waals surface area contributed by atoms with Crippen LogP contribution in [0, 0.1) is 5.92 Å². The van der Waals surface area contributed by atoms with Gasteiger partial charge in [-0.2, -0.15) is 16.9 Å². The molecule has 1 aliphatic heterocycles. The van der Waals surface area contributed by atoms with E-state index in [1.807, 2.05) is 11.8 Å². The van der Waals surface area contributed by atoms with Crippen molar-refractivity contribution in [3.05, 3.63) is 18.0 Å². The van der Waals surface area contributed by atoms with Crippen LogP contribution < -0.4 is 10.6 Å². The fourth-order valence-electron chi connectivity index (χ4n) is 2.25. The quantitative estimate of drug-likeness (QED) is 0.753. The Morgan fingerprint density at radius 1 is 1.52 bits per heavy atom. The molecule has 2 amide bonds. The highest BCUT2D eigenvalue weighted by atomic mass is 32.2. The number of aliphatic carboxylic acids is 1. The number of carboxylic acids is 1.